The molecule has 27 heavy (non-hydrogen) atoms. The fourth-order valence-electron chi connectivity index (χ4n) is 3.12. The van der Waals surface area contributed by atoms with Gasteiger partial charge in [0.05, 0.1) is 6.04 Å². The van der Waals surface area contributed by atoms with Crippen molar-refractivity contribution in [3.05, 3.63) is 58.7 Å². The van der Waals surface area contributed by atoms with Crippen LogP contribution in [-0.2, 0) is 22.6 Å². The highest BCUT2D eigenvalue weighted by Gasteiger charge is 2.25. The quantitative estimate of drug-likeness (QED) is 0.476. The van der Waals surface area contributed by atoms with Gasteiger partial charge in [-0.25, -0.2) is 5.48 Å². The first-order valence-electron chi connectivity index (χ1n) is 8.75. The van der Waals surface area contributed by atoms with E-state index in [1.807, 2.05) is 44.2 Å². The number of hydrogen-bond acceptors (Lipinski definition) is 5. The van der Waals surface area contributed by atoms with Crippen molar-refractivity contribution in [2.45, 2.75) is 32.9 Å². The van der Waals surface area contributed by atoms with Crippen LogP contribution in [0.4, 0.5) is 5.69 Å². The lowest BCUT2D eigenvalue weighted by atomic mass is 9.95. The Morgan fingerprint density at radius 1 is 1.19 bits per heavy atom. The molecule has 7 nitrogen and oxygen atoms in total. The molecule has 0 saturated heterocycles. The number of rotatable bonds is 5. The summed E-state index contributed by atoms with van der Waals surface area (Å²) < 4.78 is 5.32. The Morgan fingerprint density at radius 2 is 2.00 bits per heavy atom. The van der Waals surface area contributed by atoms with Gasteiger partial charge >= 0.3 is 0 Å². The van der Waals surface area contributed by atoms with Crippen molar-refractivity contribution in [3.63, 3.8) is 0 Å². The van der Waals surface area contributed by atoms with Gasteiger partial charge in [0.15, 0.2) is 6.61 Å². The molecule has 0 aromatic heterocycles. The molecule has 1 aliphatic heterocycles. The van der Waals surface area contributed by atoms with E-state index in [9.17, 15) is 9.59 Å². The normalized spacial score (nSPS) is 15.6. The summed E-state index contributed by atoms with van der Waals surface area (Å²) in [4.78, 5) is 23.7. The van der Waals surface area contributed by atoms with Crippen LogP contribution in [0.2, 0.25) is 0 Å². The summed E-state index contributed by atoms with van der Waals surface area (Å²) in [7, 11) is 0. The molecule has 3 rings (SSSR count). The molecule has 0 bridgehead atoms. The van der Waals surface area contributed by atoms with Crippen LogP contribution in [0.25, 0.3) is 0 Å². The third-order valence-electron chi connectivity index (χ3n) is 4.59. The Morgan fingerprint density at radius 3 is 2.74 bits per heavy atom. The third kappa shape index (κ3) is 4.64. The van der Waals surface area contributed by atoms with Crippen molar-refractivity contribution in [2.75, 3.05) is 11.9 Å². The topological polar surface area (TPSA) is 99.7 Å². The standard InChI is InChI=1S/C20H23N3O4/c1-12-3-6-17(13(2)7-12)22-20(25)18-9-14-4-5-16(8-15(14)10-21-18)27-11-19(24)23-26/h3-8,18,21,26H,9-11H2,1-2H3,(H,22,25)(H,23,24)/t18-/m0/s1. The summed E-state index contributed by atoms with van der Waals surface area (Å²) in [5.41, 5.74) is 6.62. The highest BCUT2D eigenvalue weighted by Crippen LogP contribution is 2.23. The molecular weight excluding hydrogens is 346 g/mol. The number of carbonyl (C=O) groups excluding carboxylic acids is 2. The molecule has 0 aliphatic carbocycles. The van der Waals surface area contributed by atoms with Crippen molar-refractivity contribution in [2.24, 2.45) is 0 Å². The lowest BCUT2D eigenvalue weighted by Gasteiger charge is -2.26. The van der Waals surface area contributed by atoms with E-state index in [1.165, 1.54) is 5.48 Å². The van der Waals surface area contributed by atoms with Crippen LogP contribution in [0.15, 0.2) is 36.4 Å². The summed E-state index contributed by atoms with van der Waals surface area (Å²) in [6.07, 6.45) is 0.573. The second-order valence-corrected chi connectivity index (χ2v) is 6.70. The zero-order valence-corrected chi connectivity index (χ0v) is 15.3. The van der Waals surface area contributed by atoms with Crippen LogP contribution < -0.4 is 20.9 Å². The molecule has 0 fully saturated rings. The van der Waals surface area contributed by atoms with Crippen molar-refractivity contribution in [1.82, 2.24) is 10.8 Å². The first-order chi connectivity index (χ1) is 13.0. The van der Waals surface area contributed by atoms with E-state index in [1.54, 1.807) is 6.07 Å². The van der Waals surface area contributed by atoms with Gasteiger partial charge in [-0.1, -0.05) is 23.8 Å². The molecule has 142 valence electrons. The van der Waals surface area contributed by atoms with Gasteiger partial charge in [0.1, 0.15) is 5.75 Å². The molecule has 4 N–H and O–H groups in total. The van der Waals surface area contributed by atoms with E-state index in [-0.39, 0.29) is 18.6 Å². The summed E-state index contributed by atoms with van der Waals surface area (Å²) >= 11 is 0. The number of fused-ring (bicyclic) bond motifs is 1. The lowest BCUT2D eigenvalue weighted by molar-refractivity contribution is -0.131. The zero-order valence-electron chi connectivity index (χ0n) is 15.3. The molecule has 1 atom stereocenters. The lowest BCUT2D eigenvalue weighted by Crippen LogP contribution is -2.44. The number of hydroxylamine groups is 1. The zero-order chi connectivity index (χ0) is 19.4. The smallest absolute Gasteiger partial charge is 0.281 e. The third-order valence-corrected chi connectivity index (χ3v) is 4.59. The molecule has 0 unspecified atom stereocenters. The summed E-state index contributed by atoms with van der Waals surface area (Å²) in [6.45, 7) is 4.27. The van der Waals surface area contributed by atoms with E-state index in [0.29, 0.717) is 18.7 Å². The molecular formula is C20H23N3O4. The Bertz CT molecular complexity index is 866. The molecule has 1 heterocycles. The van der Waals surface area contributed by atoms with Gasteiger partial charge in [-0.3, -0.25) is 14.8 Å². The number of benzene rings is 2. The van der Waals surface area contributed by atoms with E-state index >= 15 is 0 Å². The number of anilines is 1. The number of carbonyl (C=O) groups is 2. The van der Waals surface area contributed by atoms with Crippen molar-refractivity contribution < 1.29 is 19.5 Å². The summed E-state index contributed by atoms with van der Waals surface area (Å²) in [5, 5.41) is 14.7. The maximum Gasteiger partial charge on any atom is 0.281 e. The number of nitrogens with one attached hydrogen (secondary N) is 3. The molecule has 7 heteroatoms. The van der Waals surface area contributed by atoms with Crippen molar-refractivity contribution in [1.29, 1.82) is 0 Å². The van der Waals surface area contributed by atoms with Crippen LogP contribution in [-0.4, -0.2) is 29.7 Å². The maximum atomic E-state index is 12.6. The molecule has 0 spiro atoms. The Labute approximate surface area is 157 Å². The molecule has 0 saturated carbocycles. The average molecular weight is 369 g/mol. The number of hydrogen-bond donors (Lipinski definition) is 4. The second-order valence-electron chi connectivity index (χ2n) is 6.70. The van der Waals surface area contributed by atoms with Gasteiger partial charge in [-0.15, -0.1) is 0 Å². The van der Waals surface area contributed by atoms with Gasteiger partial charge in [0, 0.05) is 12.2 Å². The minimum atomic E-state index is -0.617. The van der Waals surface area contributed by atoms with Crippen LogP contribution in [0.5, 0.6) is 5.75 Å². The van der Waals surface area contributed by atoms with Crippen LogP contribution >= 0.6 is 0 Å². The molecule has 2 aromatic carbocycles. The predicted octanol–water partition coefficient (Wildman–Crippen LogP) is 1.84. The fraction of sp³-hybridized carbons (Fsp3) is 0.300. The van der Waals surface area contributed by atoms with E-state index in [2.05, 4.69) is 10.6 Å². The highest BCUT2D eigenvalue weighted by molar-refractivity contribution is 5.95. The van der Waals surface area contributed by atoms with Gasteiger partial charge in [-0.05, 0) is 55.2 Å². The van der Waals surface area contributed by atoms with Crippen molar-refractivity contribution in [3.8, 4) is 5.75 Å². The second kappa shape index (κ2) is 8.20. The summed E-state index contributed by atoms with van der Waals surface area (Å²) in [5.74, 6) is -0.140. The van der Waals surface area contributed by atoms with Crippen LogP contribution in [0.1, 0.15) is 22.3 Å². The summed E-state index contributed by atoms with van der Waals surface area (Å²) in [6, 6.07) is 11.1. The van der Waals surface area contributed by atoms with E-state index < -0.39 is 5.91 Å². The monoisotopic (exact) mass is 369 g/mol. The highest BCUT2D eigenvalue weighted by atomic mass is 16.5. The molecule has 2 amide bonds. The Kier molecular flexibility index (Phi) is 5.73. The van der Waals surface area contributed by atoms with Crippen LogP contribution in [0.3, 0.4) is 0 Å². The average Bonchev–Trinajstić information content (AvgIpc) is 2.67. The number of ether oxygens (including phenoxy) is 1. The molecule has 2 aromatic rings. The van der Waals surface area contributed by atoms with Gasteiger partial charge < -0.3 is 15.4 Å². The Balaban J connectivity index is 1.63. The molecule has 0 radical (unpaired) electrons. The van der Waals surface area contributed by atoms with Crippen molar-refractivity contribution >= 4 is 17.5 Å². The number of aryl methyl sites for hydroxylation is 2. The largest absolute Gasteiger partial charge is 0.484 e. The van der Waals surface area contributed by atoms with Gasteiger partial charge in [-0.2, -0.15) is 0 Å². The first-order valence-corrected chi connectivity index (χ1v) is 8.75. The Hall–Kier alpha value is -2.90. The van der Waals surface area contributed by atoms with Gasteiger partial charge in [0.2, 0.25) is 5.91 Å². The SMILES string of the molecule is Cc1ccc(NC(=O)[C@@H]2Cc3ccc(OCC(=O)NO)cc3CN2)c(C)c1. The maximum absolute atomic E-state index is 12.6. The predicted molar refractivity (Wildman–Crippen MR) is 101 cm³/mol. The first kappa shape index (κ1) is 18.9. The van der Waals surface area contributed by atoms with Gasteiger partial charge in [0.25, 0.3) is 5.91 Å². The molecule has 1 aliphatic rings. The van der Waals surface area contributed by atoms with E-state index in [4.69, 9.17) is 9.94 Å². The minimum absolute atomic E-state index is 0.0625. The minimum Gasteiger partial charge on any atom is -0.484 e. The fourth-order valence-corrected chi connectivity index (χ4v) is 3.12. The van der Waals surface area contributed by atoms with E-state index in [0.717, 1.165) is 27.9 Å². The van der Waals surface area contributed by atoms with Crippen LogP contribution in [0, 0.1) is 13.8 Å². The number of amides is 2.